The van der Waals surface area contributed by atoms with Crippen molar-refractivity contribution in [1.29, 1.82) is 0 Å². The lowest BCUT2D eigenvalue weighted by atomic mass is 10.2. The molecule has 0 aliphatic heterocycles. The van der Waals surface area contributed by atoms with Gasteiger partial charge in [-0.3, -0.25) is 9.25 Å². The molecule has 0 aliphatic carbocycles. The Morgan fingerprint density at radius 2 is 2.26 bits per heavy atom. The van der Waals surface area contributed by atoms with E-state index in [4.69, 9.17) is 10.3 Å². The van der Waals surface area contributed by atoms with E-state index in [1.54, 1.807) is 6.20 Å². The summed E-state index contributed by atoms with van der Waals surface area (Å²) in [5.41, 5.74) is 8.78. The van der Waals surface area contributed by atoms with Crippen LogP contribution in [-0.2, 0) is 20.0 Å². The van der Waals surface area contributed by atoms with Gasteiger partial charge in [-0.05, 0) is 6.42 Å². The maximum atomic E-state index is 6.00. The van der Waals surface area contributed by atoms with E-state index in [-0.39, 0.29) is 0 Å². The van der Waals surface area contributed by atoms with E-state index in [9.17, 15) is 0 Å². The van der Waals surface area contributed by atoms with Crippen molar-refractivity contribution in [2.75, 3.05) is 5.73 Å². The average Bonchev–Trinajstić information content (AvgIpc) is 3.04. The van der Waals surface area contributed by atoms with E-state index in [0.717, 1.165) is 35.5 Å². The molecule has 0 atom stereocenters. The van der Waals surface area contributed by atoms with Gasteiger partial charge in [-0.1, -0.05) is 18.5 Å². The van der Waals surface area contributed by atoms with Crippen LogP contribution in [0.1, 0.15) is 24.8 Å². The first-order valence-electron chi connectivity index (χ1n) is 6.27. The minimum absolute atomic E-state index is 0.469. The molecule has 3 rings (SSSR count). The molecular weight excluding hydrogens is 244 g/mol. The van der Waals surface area contributed by atoms with Gasteiger partial charge < -0.3 is 10.3 Å². The van der Waals surface area contributed by atoms with Crippen LogP contribution in [0.5, 0.6) is 0 Å². The van der Waals surface area contributed by atoms with Gasteiger partial charge in [0, 0.05) is 13.1 Å². The molecule has 0 fully saturated rings. The van der Waals surface area contributed by atoms with E-state index < -0.39 is 0 Å². The fraction of sp³-hybridized carbons (Fsp3) is 0.417. The smallest absolute Gasteiger partial charge is 0.202 e. The van der Waals surface area contributed by atoms with Gasteiger partial charge in [0.1, 0.15) is 5.52 Å². The summed E-state index contributed by atoms with van der Waals surface area (Å²) in [5, 5.41) is 8.20. The van der Waals surface area contributed by atoms with Crippen molar-refractivity contribution in [3.05, 3.63) is 23.7 Å². The molecule has 3 aromatic rings. The molecule has 0 amide bonds. The predicted octanol–water partition coefficient (Wildman–Crippen LogP) is 1.34. The third-order valence-corrected chi connectivity index (χ3v) is 3.11. The highest BCUT2D eigenvalue weighted by Crippen LogP contribution is 2.22. The Morgan fingerprint density at radius 1 is 1.42 bits per heavy atom. The van der Waals surface area contributed by atoms with Crippen molar-refractivity contribution in [3.8, 4) is 0 Å². The zero-order valence-corrected chi connectivity index (χ0v) is 11.0. The van der Waals surface area contributed by atoms with Crippen LogP contribution in [0.3, 0.4) is 0 Å². The highest BCUT2D eigenvalue weighted by Gasteiger charge is 2.18. The van der Waals surface area contributed by atoms with Crippen LogP contribution in [-0.4, -0.2) is 24.5 Å². The number of imidazole rings is 1. The van der Waals surface area contributed by atoms with Crippen LogP contribution >= 0.6 is 0 Å². The van der Waals surface area contributed by atoms with Crippen molar-refractivity contribution in [3.63, 3.8) is 0 Å². The maximum Gasteiger partial charge on any atom is 0.202 e. The summed E-state index contributed by atoms with van der Waals surface area (Å²) < 4.78 is 8.83. The lowest BCUT2D eigenvalue weighted by molar-refractivity contribution is 0.377. The fourth-order valence-electron chi connectivity index (χ4n) is 2.30. The third kappa shape index (κ3) is 1.87. The molecule has 0 spiro atoms. The third-order valence-electron chi connectivity index (χ3n) is 3.11. The molecule has 0 saturated carbocycles. The minimum atomic E-state index is 0.469. The molecule has 0 unspecified atom stereocenters. The molecule has 3 aromatic heterocycles. The van der Waals surface area contributed by atoms with Gasteiger partial charge in [-0.25, -0.2) is 4.98 Å². The molecule has 0 bridgehead atoms. The summed E-state index contributed by atoms with van der Waals surface area (Å²) >= 11 is 0. The van der Waals surface area contributed by atoms with Gasteiger partial charge in [0.25, 0.3) is 0 Å². The largest absolute Gasteiger partial charge is 0.369 e. The Kier molecular flexibility index (Phi) is 2.73. The fourth-order valence-corrected chi connectivity index (χ4v) is 2.30. The van der Waals surface area contributed by atoms with Crippen molar-refractivity contribution < 1.29 is 4.52 Å². The molecule has 0 aromatic carbocycles. The number of nitrogens with zero attached hydrogens (tertiary/aromatic N) is 5. The first-order valence-corrected chi connectivity index (χ1v) is 6.27. The maximum absolute atomic E-state index is 6.00. The summed E-state index contributed by atoms with van der Waals surface area (Å²) in [6.07, 6.45) is 3.54. The summed E-state index contributed by atoms with van der Waals surface area (Å²) in [7, 11) is 1.90. The standard InChI is InChI=1S/C12H16N6O/c1-3-4-9-10-11(17(2)16-9)18(12(13)15-10)7-8-5-6-14-19-8/h5-6H,3-4,7H2,1-2H3,(H2,13,15). The molecule has 0 saturated heterocycles. The van der Waals surface area contributed by atoms with E-state index >= 15 is 0 Å². The van der Waals surface area contributed by atoms with E-state index in [2.05, 4.69) is 22.2 Å². The van der Waals surface area contributed by atoms with Gasteiger partial charge in [0.2, 0.25) is 5.95 Å². The van der Waals surface area contributed by atoms with Crippen molar-refractivity contribution in [1.82, 2.24) is 24.5 Å². The molecular formula is C12H16N6O. The molecule has 19 heavy (non-hydrogen) atoms. The minimum Gasteiger partial charge on any atom is -0.369 e. The van der Waals surface area contributed by atoms with E-state index in [1.165, 1.54) is 0 Å². The van der Waals surface area contributed by atoms with Crippen LogP contribution in [0.15, 0.2) is 16.8 Å². The summed E-state index contributed by atoms with van der Waals surface area (Å²) in [4.78, 5) is 4.43. The number of hydrogen-bond acceptors (Lipinski definition) is 5. The zero-order valence-electron chi connectivity index (χ0n) is 11.0. The molecule has 3 heterocycles. The van der Waals surface area contributed by atoms with E-state index in [1.807, 2.05) is 22.4 Å². The monoisotopic (exact) mass is 260 g/mol. The van der Waals surface area contributed by atoms with Crippen molar-refractivity contribution in [2.24, 2.45) is 7.05 Å². The molecule has 0 aliphatic rings. The first kappa shape index (κ1) is 11.8. The van der Waals surface area contributed by atoms with Crippen molar-refractivity contribution in [2.45, 2.75) is 26.3 Å². The number of anilines is 1. The summed E-state index contributed by atoms with van der Waals surface area (Å²) in [6, 6.07) is 1.81. The lowest BCUT2D eigenvalue weighted by Gasteiger charge is -2.03. The Labute approximate surface area is 110 Å². The molecule has 7 nitrogen and oxygen atoms in total. The Morgan fingerprint density at radius 3 is 2.95 bits per heavy atom. The van der Waals surface area contributed by atoms with Crippen LogP contribution in [0.2, 0.25) is 0 Å². The second kappa shape index (κ2) is 4.42. The quantitative estimate of drug-likeness (QED) is 0.764. The average molecular weight is 260 g/mol. The van der Waals surface area contributed by atoms with Crippen LogP contribution < -0.4 is 5.73 Å². The molecule has 0 radical (unpaired) electrons. The number of nitrogen functional groups attached to an aromatic ring is 1. The van der Waals surface area contributed by atoms with Crippen molar-refractivity contribution >= 4 is 17.1 Å². The summed E-state index contributed by atoms with van der Waals surface area (Å²) in [5.74, 6) is 1.21. The lowest BCUT2D eigenvalue weighted by Crippen LogP contribution is -2.07. The van der Waals surface area contributed by atoms with Gasteiger partial charge in [0.05, 0.1) is 18.4 Å². The molecule has 7 heteroatoms. The van der Waals surface area contributed by atoms with E-state index in [0.29, 0.717) is 12.5 Å². The van der Waals surface area contributed by atoms with Gasteiger partial charge in [-0.2, -0.15) is 5.10 Å². The van der Waals surface area contributed by atoms with Gasteiger partial charge >= 0.3 is 0 Å². The number of hydrogen-bond donors (Lipinski definition) is 1. The van der Waals surface area contributed by atoms with Gasteiger partial charge in [0.15, 0.2) is 11.4 Å². The van der Waals surface area contributed by atoms with Crippen LogP contribution in [0.25, 0.3) is 11.2 Å². The van der Waals surface area contributed by atoms with Crippen LogP contribution in [0, 0.1) is 0 Å². The van der Waals surface area contributed by atoms with Crippen LogP contribution in [0.4, 0.5) is 5.95 Å². The number of aryl methyl sites for hydroxylation is 2. The SMILES string of the molecule is CCCc1nn(C)c2c1nc(N)n2Cc1ccno1. The topological polar surface area (TPSA) is 87.7 Å². The number of rotatable bonds is 4. The second-order valence-electron chi connectivity index (χ2n) is 4.53. The molecule has 2 N–H and O–H groups in total. The predicted molar refractivity (Wildman–Crippen MR) is 70.5 cm³/mol. The normalized spacial score (nSPS) is 11.5. The Hall–Kier alpha value is -2.31. The molecule has 100 valence electrons. The Balaban J connectivity index is 2.11. The number of fused-ring (bicyclic) bond motifs is 1. The highest BCUT2D eigenvalue weighted by molar-refractivity contribution is 5.77. The first-order chi connectivity index (χ1) is 9.20. The van der Waals surface area contributed by atoms with Gasteiger partial charge in [-0.15, -0.1) is 0 Å². The summed E-state index contributed by atoms with van der Waals surface area (Å²) in [6.45, 7) is 2.63. The second-order valence-corrected chi connectivity index (χ2v) is 4.53. The zero-order chi connectivity index (χ0) is 13.4. The number of aromatic nitrogens is 5. The number of nitrogens with two attached hydrogens (primary N) is 1. The Bertz CT molecular complexity index is 694. The highest BCUT2D eigenvalue weighted by atomic mass is 16.5.